The Hall–Kier alpha value is -2.58. The topological polar surface area (TPSA) is 182 Å². The van der Waals surface area contributed by atoms with Crippen molar-refractivity contribution >= 4 is 38.4 Å². The van der Waals surface area contributed by atoms with Crippen LogP contribution >= 0.6 is 7.60 Å². The molecule has 0 spiro atoms. The number of nitrogens with two attached hydrogens (primary N) is 1. The first-order valence-corrected chi connectivity index (χ1v) is 12.5. The number of hydrogen-bond donors (Lipinski definition) is 1. The molecule has 2 N–H and O–H groups in total. The Kier molecular flexibility index (Phi) is 10.6. The van der Waals surface area contributed by atoms with E-state index < -0.39 is 63.8 Å². The number of ether oxygens (including phenoxy) is 5. The second-order valence-electron chi connectivity index (χ2n) is 8.01. The quantitative estimate of drug-likeness (QED) is 0.161. The summed E-state index contributed by atoms with van der Waals surface area (Å²) < 4.78 is 47.6. The molecule has 15 nitrogen and oxygen atoms in total. The third kappa shape index (κ3) is 8.85. The molecular weight excluding hydrogens is 489 g/mol. The lowest BCUT2D eigenvalue weighted by atomic mass is 9.98. The molecule has 0 aromatic rings. The minimum absolute atomic E-state index is 0.0662. The van der Waals surface area contributed by atoms with Crippen molar-refractivity contribution in [2.75, 3.05) is 33.1 Å². The van der Waals surface area contributed by atoms with Crippen LogP contribution in [0.5, 0.6) is 0 Å². The Bertz CT molecular complexity index is 848. The summed E-state index contributed by atoms with van der Waals surface area (Å²) in [6, 6.07) is 0. The molecule has 2 aliphatic heterocycles. The van der Waals surface area contributed by atoms with Gasteiger partial charge in [0.1, 0.15) is 24.7 Å². The Morgan fingerprint density at radius 1 is 1.11 bits per heavy atom. The third-order valence-electron chi connectivity index (χ3n) is 4.42. The van der Waals surface area contributed by atoms with E-state index in [9.17, 15) is 14.2 Å². The number of carbonyl (C=O) groups is 2. The van der Waals surface area contributed by atoms with Crippen molar-refractivity contribution in [3.8, 4) is 0 Å². The van der Waals surface area contributed by atoms with Gasteiger partial charge in [-0.1, -0.05) is 0 Å². The number of amidine groups is 1. The van der Waals surface area contributed by atoms with E-state index >= 15 is 0 Å². The first-order valence-electron chi connectivity index (χ1n) is 10.8. The van der Waals surface area contributed by atoms with Crippen LogP contribution in [0.1, 0.15) is 34.6 Å². The molecule has 35 heavy (non-hydrogen) atoms. The zero-order chi connectivity index (χ0) is 26.1. The van der Waals surface area contributed by atoms with Crippen LogP contribution in [0, 0.1) is 0 Å². The Morgan fingerprint density at radius 3 is 2.23 bits per heavy atom. The molecule has 0 aliphatic carbocycles. The summed E-state index contributed by atoms with van der Waals surface area (Å²) in [5.74, 6) is 0.605. The summed E-state index contributed by atoms with van der Waals surface area (Å²) in [6.07, 6.45) is -1.02. The summed E-state index contributed by atoms with van der Waals surface area (Å²) in [6.45, 7) is 7.21. The van der Waals surface area contributed by atoms with Gasteiger partial charge in [0.05, 0.1) is 25.2 Å². The van der Waals surface area contributed by atoms with Gasteiger partial charge in [0.2, 0.25) is 13.6 Å². The number of carbonyl (C=O) groups excluding carboxylic acids is 2. The number of rotatable bonds is 13. The molecule has 2 rings (SSSR count). The minimum atomic E-state index is -4.03. The highest BCUT2D eigenvalue weighted by Gasteiger charge is 2.44. The molecule has 0 aromatic carbocycles. The average Bonchev–Trinajstić information content (AvgIpc) is 3.08. The van der Waals surface area contributed by atoms with E-state index in [0.29, 0.717) is 12.4 Å². The van der Waals surface area contributed by atoms with Crippen LogP contribution < -0.4 is 5.73 Å². The van der Waals surface area contributed by atoms with E-state index in [-0.39, 0.29) is 6.61 Å². The monoisotopic (exact) mass is 521 g/mol. The predicted octanol–water partition coefficient (Wildman–Crippen LogP) is 2.05. The molecule has 0 saturated heterocycles. The first kappa shape index (κ1) is 28.7. The smallest absolute Gasteiger partial charge is 0.432 e. The maximum Gasteiger partial charge on any atom is 0.510 e. The molecular formula is C19H32N5O10P. The maximum absolute atomic E-state index is 13.0. The molecule has 16 heteroatoms. The molecule has 0 aromatic heterocycles. The molecule has 0 saturated carbocycles. The van der Waals surface area contributed by atoms with Crippen molar-refractivity contribution < 1.29 is 46.9 Å². The fraction of sp³-hybridized carbons (Fsp3) is 0.737. The predicted molar refractivity (Wildman–Crippen MR) is 123 cm³/mol. The molecule has 0 radical (unpaired) electrons. The summed E-state index contributed by atoms with van der Waals surface area (Å²) in [5.41, 5.74) is 5.23. The maximum atomic E-state index is 13.0. The van der Waals surface area contributed by atoms with Gasteiger partial charge in [-0.3, -0.25) is 23.6 Å². The van der Waals surface area contributed by atoms with Crippen molar-refractivity contribution in [3.63, 3.8) is 0 Å². The fourth-order valence-electron chi connectivity index (χ4n) is 2.69. The van der Waals surface area contributed by atoms with Gasteiger partial charge in [-0.2, -0.15) is 0 Å². The second-order valence-corrected chi connectivity index (χ2v) is 10.0. The molecule has 2 aliphatic rings. The highest BCUT2D eigenvalue weighted by Crippen LogP contribution is 2.48. The van der Waals surface area contributed by atoms with Crippen LogP contribution in [0.3, 0.4) is 0 Å². The van der Waals surface area contributed by atoms with E-state index in [0.717, 1.165) is 0 Å². The van der Waals surface area contributed by atoms with Crippen LogP contribution in [0.25, 0.3) is 0 Å². The van der Waals surface area contributed by atoms with Gasteiger partial charge >= 0.3 is 19.9 Å². The van der Waals surface area contributed by atoms with E-state index in [1.165, 1.54) is 6.34 Å². The average molecular weight is 521 g/mol. The van der Waals surface area contributed by atoms with Crippen LogP contribution in [-0.4, -0.2) is 92.7 Å². The lowest BCUT2D eigenvalue weighted by molar-refractivity contribution is -0.0343. The minimum Gasteiger partial charge on any atom is -0.432 e. The van der Waals surface area contributed by atoms with Crippen molar-refractivity contribution in [1.82, 2.24) is 4.90 Å². The van der Waals surface area contributed by atoms with Gasteiger partial charge in [-0.05, 0) is 34.6 Å². The van der Waals surface area contributed by atoms with Gasteiger partial charge in [-0.25, -0.2) is 14.6 Å². The third-order valence-corrected chi connectivity index (χ3v) is 5.91. The van der Waals surface area contributed by atoms with Crippen LogP contribution in [0.4, 0.5) is 9.59 Å². The van der Waals surface area contributed by atoms with Crippen molar-refractivity contribution in [3.05, 3.63) is 0 Å². The van der Waals surface area contributed by atoms with E-state index in [1.807, 2.05) is 6.92 Å². The summed E-state index contributed by atoms with van der Waals surface area (Å²) in [5, 5.41) is 0. The Labute approximate surface area is 203 Å². The molecule has 198 valence electrons. The van der Waals surface area contributed by atoms with Crippen molar-refractivity contribution in [1.29, 1.82) is 0 Å². The van der Waals surface area contributed by atoms with Crippen molar-refractivity contribution in [2.45, 2.75) is 58.5 Å². The highest BCUT2D eigenvalue weighted by molar-refractivity contribution is 7.53. The zero-order valence-corrected chi connectivity index (χ0v) is 21.2. The zero-order valence-electron chi connectivity index (χ0n) is 20.3. The normalized spacial score (nSPS) is 21.2. The molecule has 2 heterocycles. The van der Waals surface area contributed by atoms with E-state index in [2.05, 4.69) is 15.0 Å². The summed E-state index contributed by atoms with van der Waals surface area (Å²) >= 11 is 0. The van der Waals surface area contributed by atoms with Gasteiger partial charge in [0.25, 0.3) is 0 Å². The Morgan fingerprint density at radius 2 is 1.69 bits per heavy atom. The first-order chi connectivity index (χ1) is 16.4. The summed E-state index contributed by atoms with van der Waals surface area (Å²) in [7, 11) is -4.03. The van der Waals surface area contributed by atoms with Gasteiger partial charge in [0.15, 0.2) is 5.54 Å². The number of fused-ring (bicyclic) bond motifs is 1. The largest absolute Gasteiger partial charge is 0.510 e. The van der Waals surface area contributed by atoms with Crippen LogP contribution in [0.15, 0.2) is 15.0 Å². The lowest BCUT2D eigenvalue weighted by Gasteiger charge is -2.30. The molecule has 0 amide bonds. The molecule has 0 fully saturated rings. The van der Waals surface area contributed by atoms with E-state index in [4.69, 9.17) is 38.5 Å². The van der Waals surface area contributed by atoms with Crippen LogP contribution in [0.2, 0.25) is 0 Å². The van der Waals surface area contributed by atoms with E-state index in [1.54, 1.807) is 38.9 Å². The van der Waals surface area contributed by atoms with Crippen LogP contribution in [-0.2, 0) is 37.3 Å². The molecule has 1 unspecified atom stereocenters. The number of hydrogen-bond acceptors (Lipinski definition) is 15. The Balaban J connectivity index is 1.86. The van der Waals surface area contributed by atoms with Gasteiger partial charge in [0, 0.05) is 6.54 Å². The van der Waals surface area contributed by atoms with Gasteiger partial charge < -0.3 is 34.3 Å². The summed E-state index contributed by atoms with van der Waals surface area (Å²) in [4.78, 5) is 37.4. The number of aliphatic imine (C=N–C) groups is 3. The molecule has 2 atom stereocenters. The number of nitrogens with zero attached hydrogens (tertiary/aromatic N) is 4. The molecule has 0 bridgehead atoms. The van der Waals surface area contributed by atoms with Gasteiger partial charge in [-0.15, -0.1) is 0 Å². The lowest BCUT2D eigenvalue weighted by Crippen LogP contribution is -2.53. The fourth-order valence-corrected chi connectivity index (χ4v) is 3.69. The standard InChI is InChI=1S/C19H32N5O10P/c1-13(2)33-17(25)29-10-31-35(27,32-11-30-18(26)34-14(3)4)12-28-7-6-24-9-23-19(5)15(20)21-8-22-16(19)24/h8-9,13-15H,6-7,10-12,20H2,1-5H3/t15-,19?/m1/s1. The highest BCUT2D eigenvalue weighted by atomic mass is 31.2. The SMILES string of the molecule is CC(C)OC(=O)OCOP(=O)(COCCN1C=NC2(C)C1=NC=N[C@H]2N)OCOC(=O)OC(C)C. The second kappa shape index (κ2) is 12.9. The van der Waals surface area contributed by atoms with Crippen molar-refractivity contribution in [2.24, 2.45) is 20.7 Å².